The maximum absolute atomic E-state index is 14.6. The summed E-state index contributed by atoms with van der Waals surface area (Å²) in [4.78, 5) is 61.6. The quantitative estimate of drug-likeness (QED) is 0.275. The lowest BCUT2D eigenvalue weighted by Gasteiger charge is -2.36. The molecule has 14 nitrogen and oxygen atoms in total. The molecule has 0 bridgehead atoms. The highest BCUT2D eigenvalue weighted by molar-refractivity contribution is 7.91. The second-order valence-electron chi connectivity index (χ2n) is 16.6. The van der Waals surface area contributed by atoms with Gasteiger partial charge in [-0.1, -0.05) is 45.4 Å². The average Bonchev–Trinajstić information content (AvgIpc) is 3.95. The van der Waals surface area contributed by atoms with Gasteiger partial charge in [0, 0.05) is 27.6 Å². The summed E-state index contributed by atoms with van der Waals surface area (Å²) in [6.07, 6.45) is 2.30. The topological polar surface area (TPSA) is 182 Å². The first kappa shape index (κ1) is 40.1. The number of carbonyl (C=O) groups is 4. The Hall–Kier alpha value is -4.11. The van der Waals surface area contributed by atoms with E-state index in [1.165, 1.54) is 24.3 Å². The molecule has 1 saturated heterocycles. The van der Waals surface area contributed by atoms with Crippen molar-refractivity contribution in [2.45, 2.75) is 109 Å². The van der Waals surface area contributed by atoms with Gasteiger partial charge in [0.25, 0.3) is 5.91 Å². The number of aromatic nitrogens is 1. The lowest BCUT2D eigenvalue weighted by atomic mass is 9.85. The van der Waals surface area contributed by atoms with Crippen LogP contribution < -0.4 is 24.8 Å². The van der Waals surface area contributed by atoms with Gasteiger partial charge < -0.3 is 29.7 Å². The van der Waals surface area contributed by atoms with E-state index in [1.54, 1.807) is 73.6 Å². The molecule has 3 N–H and O–H groups in total. The number of halogens is 1. The van der Waals surface area contributed by atoms with Crippen LogP contribution in [-0.4, -0.2) is 89.8 Å². The number of alkyl carbamates (subject to hydrolysis) is 1. The van der Waals surface area contributed by atoms with Crippen molar-refractivity contribution in [3.8, 4) is 11.6 Å². The number of ether oxygens (including phenoxy) is 3. The van der Waals surface area contributed by atoms with E-state index in [0.717, 1.165) is 0 Å². The summed E-state index contributed by atoms with van der Waals surface area (Å²) in [6.45, 7) is 17.4. The number of nitrogens with zero attached hydrogens (tertiary/aromatic N) is 2. The molecular weight excluding hydrogens is 726 g/mol. The van der Waals surface area contributed by atoms with Crippen molar-refractivity contribution in [1.29, 1.82) is 0 Å². The summed E-state index contributed by atoms with van der Waals surface area (Å²) in [5.41, 5.74) is -3.30. The molecule has 2 aliphatic carbocycles. The van der Waals surface area contributed by atoms with Crippen LogP contribution in [0.25, 0.3) is 10.8 Å². The third-order valence-corrected chi connectivity index (χ3v) is 12.7. The summed E-state index contributed by atoms with van der Waals surface area (Å²) in [6, 6.07) is 2.78. The molecule has 0 spiro atoms. The molecular formula is C37H50ClN5O9S. The van der Waals surface area contributed by atoms with Gasteiger partial charge in [0.2, 0.25) is 27.7 Å². The molecule has 3 fully saturated rings. The van der Waals surface area contributed by atoms with Crippen molar-refractivity contribution in [1.82, 2.24) is 25.2 Å². The molecule has 16 heteroatoms. The number of fused-ring (bicyclic) bond motifs is 1. The van der Waals surface area contributed by atoms with Crippen molar-refractivity contribution in [2.24, 2.45) is 17.3 Å². The van der Waals surface area contributed by atoms with Crippen LogP contribution in [-0.2, 0) is 29.1 Å². The minimum absolute atomic E-state index is 0.104. The van der Waals surface area contributed by atoms with Gasteiger partial charge >= 0.3 is 6.09 Å². The number of benzene rings is 1. The maximum atomic E-state index is 14.6. The normalized spacial score (nSPS) is 25.5. The third kappa shape index (κ3) is 8.06. The number of sulfonamides is 1. The fraction of sp³-hybridized carbons (Fsp3) is 0.595. The molecule has 0 unspecified atom stereocenters. The highest BCUT2D eigenvalue weighted by atomic mass is 35.5. The van der Waals surface area contributed by atoms with E-state index in [2.05, 4.69) is 26.9 Å². The standard InChI is InChI=1S/C37H50ClN5O9S/c1-11-21-17-37(21,32(46)42-53(48,49)36(9)14-15-36)41-29(44)27-20(2)26(51-30-24-16-22(38)12-13-23(24)25(50-10)18-39-30)19-43(27)31(45)28(34(3,4)5)40-33(47)52-35(6,7)8/h11-13,16,18,20-21,26-28H,1,14-15,17,19H2,2-10H3,(H,40,47)(H,41,44)(H,42,46)/t20-,21-,26+,27+,28-,37-/m1/s1. The third-order valence-electron chi connectivity index (χ3n) is 10.3. The van der Waals surface area contributed by atoms with E-state index in [-0.39, 0.29) is 18.8 Å². The van der Waals surface area contributed by atoms with Crippen LogP contribution in [0.5, 0.6) is 11.6 Å². The zero-order chi connectivity index (χ0) is 39.5. The number of methoxy groups -OCH3 is 1. The van der Waals surface area contributed by atoms with E-state index < -0.39 is 85.2 Å². The summed E-state index contributed by atoms with van der Waals surface area (Å²) in [5, 5.41) is 7.16. The summed E-state index contributed by atoms with van der Waals surface area (Å²) in [7, 11) is -2.51. The highest BCUT2D eigenvalue weighted by Crippen LogP contribution is 2.47. The zero-order valence-electron chi connectivity index (χ0n) is 31.7. The van der Waals surface area contributed by atoms with Crippen LogP contribution in [0.1, 0.15) is 74.7 Å². The molecule has 1 aromatic carbocycles. The monoisotopic (exact) mass is 775 g/mol. The Morgan fingerprint density at radius 2 is 1.77 bits per heavy atom. The second-order valence-corrected chi connectivity index (χ2v) is 19.2. The first-order chi connectivity index (χ1) is 24.5. The van der Waals surface area contributed by atoms with Crippen LogP contribution in [0.3, 0.4) is 0 Å². The number of amides is 4. The SMILES string of the molecule is C=C[C@@H]1C[C@]1(NC(=O)[C@@H]1[C@H](C)[C@@H](Oc2ncc(OC)c3ccc(Cl)cc23)CN1C(=O)[C@@H](NC(=O)OC(C)(C)C)C(C)(C)C)C(=O)NS(=O)(=O)C1(C)CC1. The van der Waals surface area contributed by atoms with Gasteiger partial charge in [-0.25, -0.2) is 18.2 Å². The largest absolute Gasteiger partial charge is 0.494 e. The molecule has 4 amide bonds. The molecule has 5 rings (SSSR count). The van der Waals surface area contributed by atoms with Crippen molar-refractivity contribution < 1.29 is 41.8 Å². The summed E-state index contributed by atoms with van der Waals surface area (Å²) < 4.78 is 44.7. The molecule has 2 heterocycles. The number of carbonyl (C=O) groups excluding carboxylic acids is 4. The Bertz CT molecular complexity index is 1940. The van der Waals surface area contributed by atoms with Gasteiger partial charge in [-0.2, -0.15) is 0 Å². The summed E-state index contributed by atoms with van der Waals surface area (Å²) in [5.74, 6) is -2.74. The van der Waals surface area contributed by atoms with Crippen LogP contribution in [0.2, 0.25) is 5.02 Å². The van der Waals surface area contributed by atoms with Crippen molar-refractivity contribution >= 4 is 56.2 Å². The Morgan fingerprint density at radius 3 is 2.32 bits per heavy atom. The lowest BCUT2D eigenvalue weighted by Crippen LogP contribution is -2.61. The number of hydrogen-bond acceptors (Lipinski definition) is 10. The minimum Gasteiger partial charge on any atom is -0.494 e. The van der Waals surface area contributed by atoms with Crippen LogP contribution in [0.4, 0.5) is 4.79 Å². The number of likely N-dealkylation sites (tertiary alicyclic amines) is 1. The molecule has 2 saturated carbocycles. The Balaban J connectivity index is 1.50. The number of rotatable bonds is 11. The van der Waals surface area contributed by atoms with Gasteiger partial charge in [-0.3, -0.25) is 19.1 Å². The Labute approximate surface area is 315 Å². The predicted molar refractivity (Wildman–Crippen MR) is 199 cm³/mol. The van der Waals surface area contributed by atoms with Crippen molar-refractivity contribution in [3.05, 3.63) is 42.1 Å². The van der Waals surface area contributed by atoms with Gasteiger partial charge in [-0.15, -0.1) is 6.58 Å². The number of hydrogen-bond donors (Lipinski definition) is 3. The molecule has 53 heavy (non-hydrogen) atoms. The van der Waals surface area contributed by atoms with E-state index in [9.17, 15) is 27.6 Å². The first-order valence-electron chi connectivity index (χ1n) is 17.6. The number of pyridine rings is 1. The van der Waals surface area contributed by atoms with Crippen molar-refractivity contribution in [3.63, 3.8) is 0 Å². The second kappa shape index (κ2) is 13.9. The smallest absolute Gasteiger partial charge is 0.408 e. The molecule has 2 aromatic rings. The molecule has 3 aliphatic rings. The molecule has 6 atom stereocenters. The van der Waals surface area contributed by atoms with Crippen LogP contribution in [0, 0.1) is 17.3 Å². The minimum atomic E-state index is -4.02. The lowest BCUT2D eigenvalue weighted by molar-refractivity contribution is -0.143. The first-order valence-corrected chi connectivity index (χ1v) is 19.4. The highest BCUT2D eigenvalue weighted by Gasteiger charge is 2.63. The predicted octanol–water partition coefficient (Wildman–Crippen LogP) is 4.49. The maximum Gasteiger partial charge on any atom is 0.408 e. The fourth-order valence-electron chi connectivity index (χ4n) is 6.63. The summed E-state index contributed by atoms with van der Waals surface area (Å²) >= 11 is 6.35. The van der Waals surface area contributed by atoms with Gasteiger partial charge in [0.15, 0.2) is 0 Å². The average molecular weight is 776 g/mol. The number of nitrogens with one attached hydrogen (secondary N) is 3. The van der Waals surface area contributed by atoms with E-state index in [1.807, 2.05) is 0 Å². The van der Waals surface area contributed by atoms with Crippen LogP contribution >= 0.6 is 11.6 Å². The van der Waals surface area contributed by atoms with Gasteiger partial charge in [-0.05, 0) is 70.6 Å². The van der Waals surface area contributed by atoms with Gasteiger partial charge in [0.1, 0.15) is 35.1 Å². The zero-order valence-corrected chi connectivity index (χ0v) is 33.2. The Morgan fingerprint density at radius 1 is 1.11 bits per heavy atom. The van der Waals surface area contributed by atoms with Crippen molar-refractivity contribution in [2.75, 3.05) is 13.7 Å². The molecule has 1 aliphatic heterocycles. The van der Waals surface area contributed by atoms with E-state index >= 15 is 0 Å². The van der Waals surface area contributed by atoms with E-state index in [0.29, 0.717) is 34.4 Å². The molecule has 0 radical (unpaired) electrons. The fourth-order valence-corrected chi connectivity index (χ4v) is 8.11. The molecule has 1 aromatic heterocycles. The Kier molecular flexibility index (Phi) is 10.5. The van der Waals surface area contributed by atoms with Gasteiger partial charge in [0.05, 0.1) is 24.6 Å². The van der Waals surface area contributed by atoms with Crippen LogP contribution in [0.15, 0.2) is 37.1 Å². The molecule has 290 valence electrons. The van der Waals surface area contributed by atoms with E-state index in [4.69, 9.17) is 25.8 Å².